The van der Waals surface area contributed by atoms with Gasteiger partial charge in [0.05, 0.1) is 7.11 Å². The Morgan fingerprint density at radius 2 is 1.94 bits per heavy atom. The van der Waals surface area contributed by atoms with Crippen molar-refractivity contribution in [3.8, 4) is 5.75 Å². The minimum Gasteiger partial charge on any atom is -0.497 e. The molecule has 1 aromatic rings. The lowest BCUT2D eigenvalue weighted by Gasteiger charge is -2.20. The Kier molecular flexibility index (Phi) is 2.78. The van der Waals surface area contributed by atoms with E-state index in [1.54, 1.807) is 31.4 Å². The standard InChI is InChI=1S/C11H14N2O4/c1-13-10(14)11(15,16)9(12-13)7-3-5-8(17-2)6-4-7/h3-6,9,12,15-16H,1-2H3. The van der Waals surface area contributed by atoms with E-state index >= 15 is 0 Å². The number of ether oxygens (including phenoxy) is 1. The van der Waals surface area contributed by atoms with Gasteiger partial charge in [0.2, 0.25) is 0 Å². The van der Waals surface area contributed by atoms with Gasteiger partial charge >= 0.3 is 0 Å². The molecule has 3 N–H and O–H groups in total. The number of hydrogen-bond acceptors (Lipinski definition) is 5. The summed E-state index contributed by atoms with van der Waals surface area (Å²) in [6.45, 7) is 0. The van der Waals surface area contributed by atoms with Crippen molar-refractivity contribution in [2.75, 3.05) is 14.2 Å². The first-order valence-electron chi connectivity index (χ1n) is 5.10. The molecule has 1 aliphatic rings. The van der Waals surface area contributed by atoms with Crippen LogP contribution >= 0.6 is 0 Å². The summed E-state index contributed by atoms with van der Waals surface area (Å²) in [4.78, 5) is 11.5. The van der Waals surface area contributed by atoms with Crippen molar-refractivity contribution in [3.63, 3.8) is 0 Å². The first-order chi connectivity index (χ1) is 7.96. The quantitative estimate of drug-likeness (QED) is 0.599. The minimum atomic E-state index is -2.43. The van der Waals surface area contributed by atoms with Crippen molar-refractivity contribution in [3.05, 3.63) is 29.8 Å². The summed E-state index contributed by atoms with van der Waals surface area (Å²) >= 11 is 0. The highest BCUT2D eigenvalue weighted by atomic mass is 16.5. The SMILES string of the molecule is COc1ccc(C2NN(C)C(=O)C2(O)O)cc1. The van der Waals surface area contributed by atoms with Crippen LogP contribution in [0.25, 0.3) is 0 Å². The van der Waals surface area contributed by atoms with Crippen molar-refractivity contribution in [1.29, 1.82) is 0 Å². The molecule has 0 radical (unpaired) electrons. The van der Waals surface area contributed by atoms with Crippen LogP contribution in [-0.2, 0) is 4.79 Å². The van der Waals surface area contributed by atoms with E-state index in [0.717, 1.165) is 5.01 Å². The first-order valence-corrected chi connectivity index (χ1v) is 5.10. The van der Waals surface area contributed by atoms with Crippen molar-refractivity contribution < 1.29 is 19.7 Å². The van der Waals surface area contributed by atoms with Crippen molar-refractivity contribution in [2.45, 2.75) is 11.8 Å². The number of carbonyl (C=O) groups excluding carboxylic acids is 1. The molecule has 1 aliphatic heterocycles. The molecule has 1 amide bonds. The van der Waals surface area contributed by atoms with E-state index in [9.17, 15) is 15.0 Å². The number of benzene rings is 1. The van der Waals surface area contributed by atoms with Gasteiger partial charge in [0.15, 0.2) is 0 Å². The van der Waals surface area contributed by atoms with Crippen LogP contribution in [0.5, 0.6) is 5.75 Å². The molecule has 0 bridgehead atoms. The van der Waals surface area contributed by atoms with Crippen LogP contribution in [0.15, 0.2) is 24.3 Å². The number of carbonyl (C=O) groups is 1. The molecule has 6 heteroatoms. The molecule has 0 aliphatic carbocycles. The van der Waals surface area contributed by atoms with Gasteiger partial charge in [0, 0.05) is 7.05 Å². The molecule has 6 nitrogen and oxygen atoms in total. The number of aliphatic hydroxyl groups is 2. The fraction of sp³-hybridized carbons (Fsp3) is 0.364. The molecule has 1 unspecified atom stereocenters. The Morgan fingerprint density at radius 3 is 2.35 bits per heavy atom. The molecule has 2 rings (SSSR count). The smallest absolute Gasteiger partial charge is 0.298 e. The van der Waals surface area contributed by atoms with Gasteiger partial charge in [0.1, 0.15) is 11.8 Å². The fourth-order valence-corrected chi connectivity index (χ4v) is 1.82. The zero-order chi connectivity index (χ0) is 12.6. The predicted octanol–water partition coefficient (Wildman–Crippen LogP) is -0.606. The average molecular weight is 238 g/mol. The van der Waals surface area contributed by atoms with Gasteiger partial charge in [-0.25, -0.2) is 5.43 Å². The lowest BCUT2D eigenvalue weighted by Crippen LogP contribution is -2.41. The summed E-state index contributed by atoms with van der Waals surface area (Å²) in [5, 5.41) is 20.6. The van der Waals surface area contributed by atoms with Gasteiger partial charge in [-0.3, -0.25) is 9.80 Å². The Balaban J connectivity index is 2.31. The molecule has 1 fully saturated rings. The van der Waals surface area contributed by atoms with E-state index in [1.807, 2.05) is 0 Å². The molecule has 17 heavy (non-hydrogen) atoms. The Bertz CT molecular complexity index is 430. The van der Waals surface area contributed by atoms with Crippen LogP contribution < -0.4 is 10.2 Å². The zero-order valence-electron chi connectivity index (χ0n) is 9.54. The van der Waals surface area contributed by atoms with Crippen LogP contribution in [0.3, 0.4) is 0 Å². The Hall–Kier alpha value is -1.63. The normalized spacial score (nSPS) is 22.9. The predicted molar refractivity (Wildman–Crippen MR) is 58.8 cm³/mol. The summed E-state index contributed by atoms with van der Waals surface area (Å²) in [6, 6.07) is 5.84. The molecule has 1 atom stereocenters. The highest BCUT2D eigenvalue weighted by Gasteiger charge is 2.51. The third-order valence-corrected chi connectivity index (χ3v) is 2.79. The van der Waals surface area contributed by atoms with Crippen LogP contribution in [0.2, 0.25) is 0 Å². The number of hydrogen-bond donors (Lipinski definition) is 3. The summed E-state index contributed by atoms with van der Waals surface area (Å²) in [5.74, 6) is -2.55. The maximum Gasteiger partial charge on any atom is 0.298 e. The second kappa shape index (κ2) is 3.99. The Morgan fingerprint density at radius 1 is 1.35 bits per heavy atom. The highest BCUT2D eigenvalue weighted by Crippen LogP contribution is 2.31. The van der Waals surface area contributed by atoms with Crippen LogP contribution in [-0.4, -0.2) is 41.1 Å². The largest absolute Gasteiger partial charge is 0.497 e. The number of amides is 1. The van der Waals surface area contributed by atoms with E-state index in [4.69, 9.17) is 4.74 Å². The van der Waals surface area contributed by atoms with Gasteiger partial charge in [-0.1, -0.05) is 12.1 Å². The number of hydrazine groups is 1. The number of likely N-dealkylation sites (N-methyl/N-ethyl adjacent to an activating group) is 1. The molecule has 0 spiro atoms. The molecular weight excluding hydrogens is 224 g/mol. The van der Waals surface area contributed by atoms with Gasteiger partial charge in [-0.05, 0) is 17.7 Å². The van der Waals surface area contributed by atoms with Gasteiger partial charge in [0.25, 0.3) is 11.7 Å². The van der Waals surface area contributed by atoms with Crippen molar-refractivity contribution in [2.24, 2.45) is 0 Å². The van der Waals surface area contributed by atoms with Crippen LogP contribution in [0, 0.1) is 0 Å². The zero-order valence-corrected chi connectivity index (χ0v) is 9.54. The number of nitrogens with one attached hydrogen (secondary N) is 1. The molecule has 1 saturated heterocycles. The second-order valence-electron chi connectivity index (χ2n) is 3.93. The lowest BCUT2D eigenvalue weighted by atomic mass is 10.00. The maximum atomic E-state index is 11.5. The van der Waals surface area contributed by atoms with E-state index in [-0.39, 0.29) is 0 Å². The third kappa shape index (κ3) is 1.86. The highest BCUT2D eigenvalue weighted by molar-refractivity contribution is 5.85. The van der Waals surface area contributed by atoms with Gasteiger partial charge in [-0.2, -0.15) is 0 Å². The first kappa shape index (κ1) is 11.8. The molecule has 92 valence electrons. The topological polar surface area (TPSA) is 82.0 Å². The molecule has 0 aromatic heterocycles. The fourth-order valence-electron chi connectivity index (χ4n) is 1.82. The monoisotopic (exact) mass is 238 g/mol. The van der Waals surface area contributed by atoms with Crippen LogP contribution in [0.4, 0.5) is 0 Å². The van der Waals surface area contributed by atoms with Crippen molar-refractivity contribution in [1.82, 2.24) is 10.4 Å². The summed E-state index contributed by atoms with van der Waals surface area (Å²) in [6.07, 6.45) is 0. The Labute approximate surface area is 98.4 Å². The second-order valence-corrected chi connectivity index (χ2v) is 3.93. The molecule has 0 saturated carbocycles. The number of methoxy groups -OCH3 is 1. The summed E-state index contributed by atoms with van der Waals surface area (Å²) in [5.41, 5.74) is 3.28. The molecule has 1 aromatic carbocycles. The summed E-state index contributed by atoms with van der Waals surface area (Å²) < 4.78 is 5.00. The van der Waals surface area contributed by atoms with E-state index in [1.165, 1.54) is 7.05 Å². The van der Waals surface area contributed by atoms with E-state index < -0.39 is 17.7 Å². The lowest BCUT2D eigenvalue weighted by molar-refractivity contribution is -0.186. The van der Waals surface area contributed by atoms with Crippen LogP contribution in [0.1, 0.15) is 11.6 Å². The minimum absolute atomic E-state index is 0.591. The molecular formula is C11H14N2O4. The van der Waals surface area contributed by atoms with Gasteiger partial charge in [-0.15, -0.1) is 0 Å². The third-order valence-electron chi connectivity index (χ3n) is 2.79. The van der Waals surface area contributed by atoms with E-state index in [2.05, 4.69) is 5.43 Å². The van der Waals surface area contributed by atoms with Gasteiger partial charge < -0.3 is 14.9 Å². The average Bonchev–Trinajstić information content (AvgIpc) is 2.53. The summed E-state index contributed by atoms with van der Waals surface area (Å²) in [7, 11) is 2.98. The number of rotatable bonds is 2. The molecule has 1 heterocycles. The number of nitrogens with zero attached hydrogens (tertiary/aromatic N) is 1. The van der Waals surface area contributed by atoms with E-state index in [0.29, 0.717) is 11.3 Å². The van der Waals surface area contributed by atoms with Crippen molar-refractivity contribution >= 4 is 5.91 Å². The maximum absolute atomic E-state index is 11.5.